The number of allylic oxidation sites excluding steroid dienone is 2. The summed E-state index contributed by atoms with van der Waals surface area (Å²) in [6.07, 6.45) is 4.92. The molecule has 1 aromatic carbocycles. The average molecular weight is 357 g/mol. The van der Waals surface area contributed by atoms with E-state index in [0.717, 1.165) is 43.7 Å². The zero-order valence-corrected chi connectivity index (χ0v) is 17.7. The number of nitrogens with zero attached hydrogens (tertiary/aromatic N) is 2. The van der Waals surface area contributed by atoms with Gasteiger partial charge in [0.05, 0.1) is 0 Å². The van der Waals surface area contributed by atoms with Crippen LogP contribution in [0.25, 0.3) is 0 Å². The fourth-order valence-corrected chi connectivity index (χ4v) is 3.13. The number of carbonyl (C=O) groups excluding carboxylic acids is 1. The number of amides is 1. The Hall–Kier alpha value is -2.03. The highest BCUT2D eigenvalue weighted by Crippen LogP contribution is 2.23. The zero-order chi connectivity index (χ0) is 19.7. The summed E-state index contributed by atoms with van der Waals surface area (Å²) in [5, 5.41) is 0. The highest BCUT2D eigenvalue weighted by Gasteiger charge is 2.23. The van der Waals surface area contributed by atoms with Crippen molar-refractivity contribution < 1.29 is 4.79 Å². The number of piperazine rings is 1. The Bertz CT molecular complexity index is 646. The van der Waals surface area contributed by atoms with Crippen molar-refractivity contribution in [3.8, 4) is 0 Å². The van der Waals surface area contributed by atoms with E-state index in [9.17, 15) is 4.79 Å². The van der Waals surface area contributed by atoms with Crippen LogP contribution in [0.1, 0.15) is 52.2 Å². The lowest BCUT2D eigenvalue weighted by Gasteiger charge is -2.37. The maximum Gasteiger partial charge on any atom is 0.253 e. The van der Waals surface area contributed by atoms with E-state index in [1.165, 1.54) is 16.8 Å². The summed E-state index contributed by atoms with van der Waals surface area (Å²) < 4.78 is 0. The SMILES string of the molecule is CC.CC/C=C(\C=C(C)C)C(=O)N1CCN(c2cc(C)ccc2C)CC1. The summed E-state index contributed by atoms with van der Waals surface area (Å²) in [5.74, 6) is 0.165. The van der Waals surface area contributed by atoms with Crippen LogP contribution in [0.5, 0.6) is 0 Å². The molecule has 1 aromatic rings. The lowest BCUT2D eigenvalue weighted by molar-refractivity contribution is -0.127. The molecule has 144 valence electrons. The van der Waals surface area contributed by atoms with Crippen LogP contribution < -0.4 is 4.90 Å². The first kappa shape index (κ1) is 22.0. The van der Waals surface area contributed by atoms with Gasteiger partial charge in [0.2, 0.25) is 0 Å². The first-order chi connectivity index (χ1) is 12.4. The minimum Gasteiger partial charge on any atom is -0.368 e. The van der Waals surface area contributed by atoms with Crippen molar-refractivity contribution in [1.29, 1.82) is 0 Å². The van der Waals surface area contributed by atoms with Crippen LogP contribution in [0.4, 0.5) is 5.69 Å². The smallest absolute Gasteiger partial charge is 0.253 e. The summed E-state index contributed by atoms with van der Waals surface area (Å²) >= 11 is 0. The second kappa shape index (κ2) is 10.8. The zero-order valence-electron chi connectivity index (χ0n) is 17.7. The normalized spacial score (nSPS) is 14.5. The van der Waals surface area contributed by atoms with Gasteiger partial charge in [-0.1, -0.05) is 50.6 Å². The van der Waals surface area contributed by atoms with Crippen LogP contribution >= 0.6 is 0 Å². The van der Waals surface area contributed by atoms with Gasteiger partial charge >= 0.3 is 0 Å². The van der Waals surface area contributed by atoms with Gasteiger partial charge in [-0.05, 0) is 51.3 Å². The van der Waals surface area contributed by atoms with Gasteiger partial charge in [0.15, 0.2) is 0 Å². The second-order valence-corrected chi connectivity index (χ2v) is 6.86. The monoisotopic (exact) mass is 356 g/mol. The molecule has 0 saturated carbocycles. The minimum atomic E-state index is 0.165. The van der Waals surface area contributed by atoms with E-state index in [1.54, 1.807) is 0 Å². The molecule has 1 heterocycles. The van der Waals surface area contributed by atoms with Crippen LogP contribution in [0.2, 0.25) is 0 Å². The van der Waals surface area contributed by atoms with E-state index in [4.69, 9.17) is 0 Å². The number of anilines is 1. The molecule has 0 N–H and O–H groups in total. The Balaban J connectivity index is 0.00000163. The summed E-state index contributed by atoms with van der Waals surface area (Å²) in [6.45, 7) is 17.8. The topological polar surface area (TPSA) is 23.6 Å². The molecule has 0 atom stereocenters. The molecule has 0 aliphatic carbocycles. The Kier molecular flexibility index (Phi) is 9.18. The van der Waals surface area contributed by atoms with Gasteiger partial charge < -0.3 is 9.80 Å². The van der Waals surface area contributed by atoms with Crippen molar-refractivity contribution in [2.45, 2.75) is 54.9 Å². The molecule has 0 unspecified atom stereocenters. The van der Waals surface area contributed by atoms with E-state index in [-0.39, 0.29) is 5.91 Å². The molecule has 3 heteroatoms. The Labute approximate surface area is 160 Å². The maximum atomic E-state index is 12.8. The lowest BCUT2D eigenvalue weighted by Crippen LogP contribution is -2.49. The summed E-state index contributed by atoms with van der Waals surface area (Å²) in [4.78, 5) is 17.2. The van der Waals surface area contributed by atoms with Crippen molar-refractivity contribution in [3.63, 3.8) is 0 Å². The lowest BCUT2D eigenvalue weighted by atomic mass is 10.1. The molecular formula is C23H36N2O. The van der Waals surface area contributed by atoms with Gasteiger partial charge in [0.1, 0.15) is 0 Å². The van der Waals surface area contributed by atoms with Gasteiger partial charge in [-0.25, -0.2) is 0 Å². The van der Waals surface area contributed by atoms with Gasteiger partial charge in [0, 0.05) is 37.4 Å². The third kappa shape index (κ3) is 6.05. The molecule has 0 aromatic heterocycles. The molecule has 26 heavy (non-hydrogen) atoms. The van der Waals surface area contributed by atoms with E-state index >= 15 is 0 Å². The van der Waals surface area contributed by atoms with Crippen molar-refractivity contribution in [3.05, 3.63) is 52.6 Å². The van der Waals surface area contributed by atoms with Crippen LogP contribution in [0.3, 0.4) is 0 Å². The van der Waals surface area contributed by atoms with Crippen LogP contribution in [-0.2, 0) is 4.79 Å². The van der Waals surface area contributed by atoms with Gasteiger partial charge in [-0.15, -0.1) is 0 Å². The first-order valence-corrected chi connectivity index (χ1v) is 9.89. The van der Waals surface area contributed by atoms with Crippen molar-refractivity contribution in [2.75, 3.05) is 31.1 Å². The molecule has 1 aliphatic heterocycles. The third-order valence-corrected chi connectivity index (χ3v) is 4.39. The summed E-state index contributed by atoms with van der Waals surface area (Å²) in [5.41, 5.74) is 5.88. The Morgan fingerprint density at radius 3 is 2.23 bits per heavy atom. The summed E-state index contributed by atoms with van der Waals surface area (Å²) in [7, 11) is 0. The fourth-order valence-electron chi connectivity index (χ4n) is 3.13. The van der Waals surface area contributed by atoms with E-state index in [1.807, 2.05) is 44.7 Å². The molecule has 1 fully saturated rings. The predicted octanol–water partition coefficient (Wildman–Crippen LogP) is 5.28. The first-order valence-electron chi connectivity index (χ1n) is 9.89. The molecule has 1 saturated heterocycles. The largest absolute Gasteiger partial charge is 0.368 e. The number of carbonyl (C=O) groups is 1. The van der Waals surface area contributed by atoms with Crippen LogP contribution in [0, 0.1) is 13.8 Å². The predicted molar refractivity (Wildman–Crippen MR) is 114 cm³/mol. The number of benzene rings is 1. The van der Waals surface area contributed by atoms with Gasteiger partial charge in [-0.2, -0.15) is 0 Å². The molecule has 1 amide bonds. The molecule has 0 spiro atoms. The highest BCUT2D eigenvalue weighted by atomic mass is 16.2. The standard InChI is InChI=1S/C21H30N2O.C2H6/c1-6-7-19(14-16(2)3)21(24)23-12-10-22(11-13-23)20-15-17(4)8-9-18(20)5;1-2/h7-9,14-15H,6,10-13H2,1-5H3;1-2H3/b19-7+;. The van der Waals surface area contributed by atoms with E-state index in [2.05, 4.69) is 43.9 Å². The Morgan fingerprint density at radius 1 is 1.08 bits per heavy atom. The van der Waals surface area contributed by atoms with Crippen molar-refractivity contribution >= 4 is 11.6 Å². The minimum absolute atomic E-state index is 0.165. The second-order valence-electron chi connectivity index (χ2n) is 6.86. The third-order valence-electron chi connectivity index (χ3n) is 4.39. The van der Waals surface area contributed by atoms with Crippen molar-refractivity contribution in [2.24, 2.45) is 0 Å². The van der Waals surface area contributed by atoms with Crippen molar-refractivity contribution in [1.82, 2.24) is 4.90 Å². The van der Waals surface area contributed by atoms with Crippen LogP contribution in [0.15, 0.2) is 41.5 Å². The van der Waals surface area contributed by atoms with Gasteiger partial charge in [0.25, 0.3) is 5.91 Å². The summed E-state index contributed by atoms with van der Waals surface area (Å²) in [6, 6.07) is 6.58. The van der Waals surface area contributed by atoms with E-state index in [0.29, 0.717) is 0 Å². The van der Waals surface area contributed by atoms with Crippen LogP contribution in [-0.4, -0.2) is 37.0 Å². The Morgan fingerprint density at radius 2 is 1.69 bits per heavy atom. The number of hydrogen-bond donors (Lipinski definition) is 0. The number of rotatable bonds is 4. The van der Waals surface area contributed by atoms with E-state index < -0.39 is 0 Å². The van der Waals surface area contributed by atoms with Gasteiger partial charge in [-0.3, -0.25) is 4.79 Å². The molecular weight excluding hydrogens is 320 g/mol. The highest BCUT2D eigenvalue weighted by molar-refractivity contribution is 5.96. The maximum absolute atomic E-state index is 12.8. The number of hydrogen-bond acceptors (Lipinski definition) is 2. The molecule has 1 aliphatic rings. The quantitative estimate of drug-likeness (QED) is 0.541. The fraction of sp³-hybridized carbons (Fsp3) is 0.522. The molecule has 0 radical (unpaired) electrons. The molecule has 2 rings (SSSR count). The average Bonchev–Trinajstić information content (AvgIpc) is 2.64. The molecule has 0 bridgehead atoms. The molecule has 3 nitrogen and oxygen atoms in total. The number of aryl methyl sites for hydroxylation is 2.